The Labute approximate surface area is 122 Å². The Bertz CT molecular complexity index is 418. The van der Waals surface area contributed by atoms with Gasteiger partial charge in [0.25, 0.3) is 0 Å². The standard InChI is InChI=1S/C15H25N3S/c1-4-5-6-7-8-12(3)18-15-13(14(16)19)11(2)9-10-17-15/h9-10,12H,4-8H2,1-3H3,(H2,16,19)(H,17,18). The van der Waals surface area contributed by atoms with Crippen molar-refractivity contribution in [2.24, 2.45) is 5.73 Å². The maximum Gasteiger partial charge on any atom is 0.136 e. The van der Waals surface area contributed by atoms with Crippen LogP contribution in [-0.2, 0) is 0 Å². The summed E-state index contributed by atoms with van der Waals surface area (Å²) in [6.45, 7) is 6.42. The van der Waals surface area contributed by atoms with Crippen molar-refractivity contribution < 1.29 is 0 Å². The molecule has 1 unspecified atom stereocenters. The Morgan fingerprint density at radius 2 is 2.16 bits per heavy atom. The summed E-state index contributed by atoms with van der Waals surface area (Å²) < 4.78 is 0. The molecule has 4 heteroatoms. The molecule has 0 aliphatic rings. The molecule has 19 heavy (non-hydrogen) atoms. The zero-order chi connectivity index (χ0) is 14.3. The fraction of sp³-hybridized carbons (Fsp3) is 0.600. The van der Waals surface area contributed by atoms with Gasteiger partial charge >= 0.3 is 0 Å². The van der Waals surface area contributed by atoms with E-state index in [-0.39, 0.29) is 0 Å². The highest BCUT2D eigenvalue weighted by Crippen LogP contribution is 2.18. The number of anilines is 1. The van der Waals surface area contributed by atoms with E-state index in [1.807, 2.05) is 13.0 Å². The van der Waals surface area contributed by atoms with Gasteiger partial charge in [-0.15, -0.1) is 0 Å². The Kier molecular flexibility index (Phi) is 6.78. The highest BCUT2D eigenvalue weighted by atomic mass is 32.1. The predicted octanol–water partition coefficient (Wildman–Crippen LogP) is 3.80. The molecule has 0 aromatic carbocycles. The smallest absolute Gasteiger partial charge is 0.136 e. The molecule has 0 radical (unpaired) electrons. The summed E-state index contributed by atoms with van der Waals surface area (Å²) in [5.74, 6) is 0.815. The number of nitrogens with two attached hydrogens (primary N) is 1. The molecular weight excluding hydrogens is 254 g/mol. The summed E-state index contributed by atoms with van der Waals surface area (Å²) in [5.41, 5.74) is 7.73. The average molecular weight is 279 g/mol. The van der Waals surface area contributed by atoms with Crippen LogP contribution < -0.4 is 11.1 Å². The molecule has 3 N–H and O–H groups in total. The van der Waals surface area contributed by atoms with Gasteiger partial charge in [-0.1, -0.05) is 44.8 Å². The molecule has 0 saturated carbocycles. The van der Waals surface area contributed by atoms with E-state index in [2.05, 4.69) is 24.1 Å². The summed E-state index contributed by atoms with van der Waals surface area (Å²) in [6.07, 6.45) is 8.07. The van der Waals surface area contributed by atoms with E-state index in [0.29, 0.717) is 11.0 Å². The van der Waals surface area contributed by atoms with E-state index in [0.717, 1.165) is 23.4 Å². The molecule has 0 saturated heterocycles. The molecule has 1 rings (SSSR count). The maximum atomic E-state index is 5.78. The molecule has 0 spiro atoms. The second kappa shape index (κ2) is 8.10. The first kappa shape index (κ1) is 15.9. The lowest BCUT2D eigenvalue weighted by atomic mass is 10.1. The van der Waals surface area contributed by atoms with Crippen LogP contribution in [-0.4, -0.2) is 16.0 Å². The summed E-state index contributed by atoms with van der Waals surface area (Å²) in [6, 6.07) is 2.32. The van der Waals surface area contributed by atoms with Crippen molar-refractivity contribution in [3.05, 3.63) is 23.4 Å². The SMILES string of the molecule is CCCCCCC(C)Nc1nccc(C)c1C(N)=S. The van der Waals surface area contributed by atoms with Crippen LogP contribution in [0.2, 0.25) is 0 Å². The second-order valence-electron chi connectivity index (χ2n) is 5.11. The Hall–Kier alpha value is -1.16. The fourth-order valence-electron chi connectivity index (χ4n) is 2.16. The fourth-order valence-corrected chi connectivity index (χ4v) is 2.42. The van der Waals surface area contributed by atoms with Crippen LogP contribution in [0.1, 0.15) is 57.1 Å². The van der Waals surface area contributed by atoms with Crippen molar-refractivity contribution in [2.75, 3.05) is 5.32 Å². The third-order valence-corrected chi connectivity index (χ3v) is 3.48. The van der Waals surface area contributed by atoms with E-state index < -0.39 is 0 Å². The Balaban J connectivity index is 2.61. The molecule has 1 aromatic rings. The van der Waals surface area contributed by atoms with Crippen LogP contribution in [0.5, 0.6) is 0 Å². The van der Waals surface area contributed by atoms with Crippen molar-refractivity contribution in [1.29, 1.82) is 0 Å². The predicted molar refractivity (Wildman–Crippen MR) is 86.7 cm³/mol. The Morgan fingerprint density at radius 1 is 1.42 bits per heavy atom. The van der Waals surface area contributed by atoms with Crippen molar-refractivity contribution in [1.82, 2.24) is 4.98 Å². The highest BCUT2D eigenvalue weighted by molar-refractivity contribution is 7.80. The number of aromatic nitrogens is 1. The minimum Gasteiger partial charge on any atom is -0.389 e. The van der Waals surface area contributed by atoms with Crippen molar-refractivity contribution >= 4 is 23.0 Å². The van der Waals surface area contributed by atoms with Crippen molar-refractivity contribution in [2.45, 2.75) is 58.9 Å². The number of rotatable bonds is 8. The lowest BCUT2D eigenvalue weighted by Gasteiger charge is -2.17. The third-order valence-electron chi connectivity index (χ3n) is 3.28. The molecule has 3 nitrogen and oxygen atoms in total. The van der Waals surface area contributed by atoms with Gasteiger partial charge in [-0.25, -0.2) is 4.98 Å². The topological polar surface area (TPSA) is 50.9 Å². The number of nitrogens with zero attached hydrogens (tertiary/aromatic N) is 1. The van der Waals surface area contributed by atoms with E-state index >= 15 is 0 Å². The molecule has 1 atom stereocenters. The van der Waals surface area contributed by atoms with Gasteiger partial charge in [0.2, 0.25) is 0 Å². The van der Waals surface area contributed by atoms with Gasteiger partial charge in [-0.2, -0.15) is 0 Å². The van der Waals surface area contributed by atoms with E-state index in [9.17, 15) is 0 Å². The third kappa shape index (κ3) is 5.15. The van der Waals surface area contributed by atoms with Gasteiger partial charge in [-0.05, 0) is 31.9 Å². The van der Waals surface area contributed by atoms with Crippen LogP contribution in [0, 0.1) is 6.92 Å². The first-order valence-corrected chi connectivity index (χ1v) is 7.49. The lowest BCUT2D eigenvalue weighted by Crippen LogP contribution is -2.21. The highest BCUT2D eigenvalue weighted by Gasteiger charge is 2.11. The molecule has 1 heterocycles. The van der Waals surface area contributed by atoms with E-state index in [1.54, 1.807) is 6.20 Å². The zero-order valence-corrected chi connectivity index (χ0v) is 13.0. The monoisotopic (exact) mass is 279 g/mol. The number of nitrogens with one attached hydrogen (secondary N) is 1. The van der Waals surface area contributed by atoms with Crippen LogP contribution >= 0.6 is 12.2 Å². The molecule has 0 bridgehead atoms. The van der Waals surface area contributed by atoms with Crippen LogP contribution in [0.25, 0.3) is 0 Å². The summed E-state index contributed by atoms with van der Waals surface area (Å²) in [5, 5.41) is 3.43. The molecule has 1 aromatic heterocycles. The number of aryl methyl sites for hydroxylation is 1. The van der Waals surface area contributed by atoms with E-state index in [1.165, 1.54) is 25.7 Å². The minimum atomic E-state index is 0.388. The molecule has 0 aliphatic heterocycles. The van der Waals surface area contributed by atoms with Crippen LogP contribution in [0.4, 0.5) is 5.82 Å². The number of pyridine rings is 1. The second-order valence-corrected chi connectivity index (χ2v) is 5.55. The number of thiocarbonyl (C=S) groups is 1. The first-order valence-electron chi connectivity index (χ1n) is 7.08. The minimum absolute atomic E-state index is 0.388. The summed E-state index contributed by atoms with van der Waals surface area (Å²) in [4.78, 5) is 4.78. The van der Waals surface area contributed by atoms with Crippen LogP contribution in [0.3, 0.4) is 0 Å². The van der Waals surface area contributed by atoms with Gasteiger partial charge in [0, 0.05) is 12.2 Å². The van der Waals surface area contributed by atoms with Gasteiger partial charge in [0.05, 0.1) is 5.56 Å². The zero-order valence-electron chi connectivity index (χ0n) is 12.2. The summed E-state index contributed by atoms with van der Waals surface area (Å²) in [7, 11) is 0. The van der Waals surface area contributed by atoms with Crippen molar-refractivity contribution in [3.8, 4) is 0 Å². The largest absolute Gasteiger partial charge is 0.389 e. The average Bonchev–Trinajstić information content (AvgIpc) is 2.34. The van der Waals surface area contributed by atoms with Crippen LogP contribution in [0.15, 0.2) is 12.3 Å². The van der Waals surface area contributed by atoms with Crippen molar-refractivity contribution in [3.63, 3.8) is 0 Å². The Morgan fingerprint density at radius 3 is 2.79 bits per heavy atom. The molecular formula is C15H25N3S. The molecule has 0 amide bonds. The quantitative estimate of drug-likeness (QED) is 0.561. The molecule has 106 valence electrons. The lowest BCUT2D eigenvalue weighted by molar-refractivity contribution is 0.593. The molecule has 0 fully saturated rings. The van der Waals surface area contributed by atoms with Gasteiger partial charge in [0.15, 0.2) is 0 Å². The van der Waals surface area contributed by atoms with E-state index in [4.69, 9.17) is 18.0 Å². The number of unbranched alkanes of at least 4 members (excludes halogenated alkanes) is 3. The normalized spacial score (nSPS) is 12.2. The van der Waals surface area contributed by atoms with Gasteiger partial charge < -0.3 is 11.1 Å². The maximum absolute atomic E-state index is 5.78. The number of hydrogen-bond acceptors (Lipinski definition) is 3. The van der Waals surface area contributed by atoms with Gasteiger partial charge in [0.1, 0.15) is 10.8 Å². The molecule has 0 aliphatic carbocycles. The summed E-state index contributed by atoms with van der Waals surface area (Å²) >= 11 is 5.11. The number of hydrogen-bond donors (Lipinski definition) is 2. The first-order chi connectivity index (χ1) is 9.06. The van der Waals surface area contributed by atoms with Gasteiger partial charge in [-0.3, -0.25) is 0 Å².